The first kappa shape index (κ1) is 35.5. The smallest absolute Gasteiger partial charge is 0.408 e. The monoisotopic (exact) mass is 623 g/mol. The van der Waals surface area contributed by atoms with Crippen molar-refractivity contribution < 1.29 is 29.0 Å². The van der Waals surface area contributed by atoms with Crippen molar-refractivity contribution >= 4 is 23.8 Å². The van der Waals surface area contributed by atoms with E-state index in [9.17, 15) is 24.3 Å². The zero-order valence-electron chi connectivity index (χ0n) is 26.8. The van der Waals surface area contributed by atoms with E-state index in [0.717, 1.165) is 24.0 Å². The number of ether oxygens (including phenoxy) is 1. The largest absolute Gasteiger partial charge is 0.436 e. The molecule has 0 radical (unpaired) electrons. The molecule has 4 amide bonds. The minimum atomic E-state index is -1.17. The number of piperidine rings is 1. The minimum absolute atomic E-state index is 0.00352. The summed E-state index contributed by atoms with van der Waals surface area (Å²) in [7, 11) is 1.92. The molecular weight excluding hydrogens is 574 g/mol. The Morgan fingerprint density at radius 1 is 0.911 bits per heavy atom. The van der Waals surface area contributed by atoms with Gasteiger partial charge in [0.05, 0.1) is 12.1 Å². The number of nitrogens with two attached hydrogens (primary N) is 1. The number of aliphatic hydroxyl groups is 1. The number of likely N-dealkylation sites (tertiary alicyclic amines) is 1. The number of benzene rings is 2. The molecule has 0 aliphatic carbocycles. The van der Waals surface area contributed by atoms with Gasteiger partial charge in [-0.05, 0) is 63.1 Å². The second-order valence-corrected chi connectivity index (χ2v) is 12.2. The number of hydrogen-bond donors (Lipinski definition) is 5. The lowest BCUT2D eigenvalue weighted by Gasteiger charge is -2.36. The van der Waals surface area contributed by atoms with Crippen molar-refractivity contribution in [2.45, 2.75) is 83.2 Å². The first-order valence-corrected chi connectivity index (χ1v) is 15.8. The van der Waals surface area contributed by atoms with Crippen LogP contribution in [0.4, 0.5) is 4.79 Å². The molecule has 11 nitrogen and oxygen atoms in total. The fourth-order valence-electron chi connectivity index (χ4n) is 5.56. The number of carbonyl (C=O) groups is 4. The lowest BCUT2D eigenvalue weighted by molar-refractivity contribution is -0.139. The van der Waals surface area contributed by atoms with Gasteiger partial charge in [0.25, 0.3) is 5.91 Å². The molecule has 45 heavy (non-hydrogen) atoms. The van der Waals surface area contributed by atoms with Crippen LogP contribution in [0, 0.1) is 11.8 Å². The van der Waals surface area contributed by atoms with Gasteiger partial charge in [0, 0.05) is 25.0 Å². The molecule has 11 heteroatoms. The third-order valence-electron chi connectivity index (χ3n) is 8.42. The van der Waals surface area contributed by atoms with Gasteiger partial charge in [0.15, 0.2) is 6.10 Å². The maximum atomic E-state index is 13.9. The highest BCUT2D eigenvalue weighted by Gasteiger charge is 2.35. The van der Waals surface area contributed by atoms with E-state index < -0.39 is 42.2 Å². The van der Waals surface area contributed by atoms with E-state index >= 15 is 0 Å². The second-order valence-electron chi connectivity index (χ2n) is 12.2. The molecule has 2 aromatic rings. The number of alkyl carbamates (subject to hydrolysis) is 1. The highest BCUT2D eigenvalue weighted by Crippen LogP contribution is 2.21. The second kappa shape index (κ2) is 17.5. The van der Waals surface area contributed by atoms with Gasteiger partial charge < -0.3 is 36.4 Å². The van der Waals surface area contributed by atoms with Crippen molar-refractivity contribution in [1.29, 1.82) is 0 Å². The zero-order valence-corrected chi connectivity index (χ0v) is 26.8. The molecule has 0 aromatic heterocycles. The summed E-state index contributed by atoms with van der Waals surface area (Å²) in [6, 6.07) is 17.6. The molecule has 6 N–H and O–H groups in total. The number of rotatable bonds is 15. The van der Waals surface area contributed by atoms with Crippen LogP contribution in [0.5, 0.6) is 0 Å². The van der Waals surface area contributed by atoms with Gasteiger partial charge in [-0.15, -0.1) is 0 Å². The fourth-order valence-corrected chi connectivity index (χ4v) is 5.56. The molecule has 0 saturated carbocycles. The van der Waals surface area contributed by atoms with Crippen molar-refractivity contribution in [1.82, 2.24) is 20.9 Å². The van der Waals surface area contributed by atoms with Gasteiger partial charge in [0.2, 0.25) is 11.8 Å². The molecule has 5 atom stereocenters. The number of nitrogens with one attached hydrogen (secondary N) is 3. The summed E-state index contributed by atoms with van der Waals surface area (Å²) in [5.74, 6) is -2.13. The van der Waals surface area contributed by atoms with Crippen LogP contribution >= 0.6 is 0 Å². The maximum absolute atomic E-state index is 13.9. The van der Waals surface area contributed by atoms with Crippen molar-refractivity contribution in [3.63, 3.8) is 0 Å². The summed E-state index contributed by atoms with van der Waals surface area (Å²) >= 11 is 0. The van der Waals surface area contributed by atoms with E-state index in [1.807, 2.05) is 86.5 Å². The Hall–Kier alpha value is -3.96. The van der Waals surface area contributed by atoms with Gasteiger partial charge in [-0.25, -0.2) is 4.79 Å². The summed E-state index contributed by atoms with van der Waals surface area (Å²) in [5, 5.41) is 20.5. The Bertz CT molecular complexity index is 1240. The number of nitrogens with zero attached hydrogens (tertiary/aromatic N) is 1. The third kappa shape index (κ3) is 11.2. The van der Waals surface area contributed by atoms with E-state index in [4.69, 9.17) is 10.5 Å². The van der Waals surface area contributed by atoms with Gasteiger partial charge >= 0.3 is 6.09 Å². The van der Waals surface area contributed by atoms with Crippen LogP contribution in [0.3, 0.4) is 0 Å². The Morgan fingerprint density at radius 2 is 1.47 bits per heavy atom. The fraction of sp³-hybridized carbons (Fsp3) is 0.529. The van der Waals surface area contributed by atoms with Crippen LogP contribution in [0.25, 0.3) is 0 Å². The van der Waals surface area contributed by atoms with Gasteiger partial charge in [-0.3, -0.25) is 14.4 Å². The summed E-state index contributed by atoms with van der Waals surface area (Å²) in [4.78, 5) is 53.5. The van der Waals surface area contributed by atoms with E-state index in [2.05, 4.69) is 16.0 Å². The Labute approximate surface area is 266 Å². The Morgan fingerprint density at radius 3 is 1.98 bits per heavy atom. The van der Waals surface area contributed by atoms with E-state index in [-0.39, 0.29) is 30.6 Å². The molecule has 1 saturated heterocycles. The van der Waals surface area contributed by atoms with Crippen LogP contribution in [0.1, 0.15) is 51.2 Å². The first-order chi connectivity index (χ1) is 21.5. The molecule has 1 aliphatic heterocycles. The molecular formula is C34H49N5O6. The summed E-state index contributed by atoms with van der Waals surface area (Å²) in [5.41, 5.74) is 6.99. The predicted octanol–water partition coefficient (Wildman–Crippen LogP) is 2.16. The molecule has 2 aromatic carbocycles. The molecule has 1 fully saturated rings. The summed E-state index contributed by atoms with van der Waals surface area (Å²) < 4.78 is 5.09. The predicted molar refractivity (Wildman–Crippen MR) is 172 cm³/mol. The average molecular weight is 624 g/mol. The van der Waals surface area contributed by atoms with Crippen LogP contribution in [0.15, 0.2) is 60.7 Å². The van der Waals surface area contributed by atoms with Gasteiger partial charge in [0.1, 0.15) is 6.04 Å². The Balaban J connectivity index is 1.81. The number of primary amides is 1. The van der Waals surface area contributed by atoms with Crippen molar-refractivity contribution in [2.75, 3.05) is 20.1 Å². The van der Waals surface area contributed by atoms with Gasteiger partial charge in [-0.2, -0.15) is 0 Å². The standard InChI is InChI=1S/C34H49N5O6/c1-22(2)30(33(43)39-17-15-27(36-4)16-18-39)38-32(42)26(19-24-11-7-5-8-12-24)21-29(40)28(20-25-13-9-6-10-14-25)37-34(44)45-23(3)31(35)41/h5-14,22-23,26-30,36,40H,15-21H2,1-4H3,(H2,35,41)(H,37,44)(H,38,42). The van der Waals surface area contributed by atoms with E-state index in [1.54, 1.807) is 0 Å². The van der Waals surface area contributed by atoms with Crippen LogP contribution in [0.2, 0.25) is 0 Å². The molecule has 1 aliphatic rings. The Kier molecular flexibility index (Phi) is 13.8. The summed E-state index contributed by atoms with van der Waals surface area (Å²) in [6.45, 7) is 6.41. The highest BCUT2D eigenvalue weighted by molar-refractivity contribution is 5.89. The third-order valence-corrected chi connectivity index (χ3v) is 8.42. The molecule has 3 rings (SSSR count). The van der Waals surface area contributed by atoms with E-state index in [0.29, 0.717) is 25.6 Å². The SMILES string of the molecule is CNC1CCN(C(=O)C(NC(=O)C(Cc2ccccc2)CC(O)C(Cc2ccccc2)NC(=O)OC(C)C(N)=O)C(C)C)CC1. The molecule has 1 heterocycles. The van der Waals surface area contributed by atoms with Crippen LogP contribution in [-0.2, 0) is 32.0 Å². The lowest BCUT2D eigenvalue weighted by atomic mass is 9.88. The summed E-state index contributed by atoms with van der Waals surface area (Å²) in [6.07, 6.45) is -0.982. The molecule has 246 valence electrons. The van der Waals surface area contributed by atoms with Crippen LogP contribution in [-0.4, -0.2) is 84.3 Å². The quantitative estimate of drug-likeness (QED) is 0.203. The van der Waals surface area contributed by atoms with Crippen molar-refractivity contribution in [2.24, 2.45) is 17.6 Å². The topological polar surface area (TPSA) is 163 Å². The molecule has 0 bridgehead atoms. The van der Waals surface area contributed by atoms with Crippen molar-refractivity contribution in [3.05, 3.63) is 71.8 Å². The van der Waals surface area contributed by atoms with Crippen LogP contribution < -0.4 is 21.7 Å². The average Bonchev–Trinajstić information content (AvgIpc) is 3.03. The van der Waals surface area contributed by atoms with Gasteiger partial charge in [-0.1, -0.05) is 74.5 Å². The lowest BCUT2D eigenvalue weighted by Crippen LogP contribution is -2.55. The maximum Gasteiger partial charge on any atom is 0.408 e. The number of amides is 4. The zero-order chi connectivity index (χ0) is 32.9. The van der Waals surface area contributed by atoms with E-state index in [1.165, 1.54) is 6.92 Å². The molecule has 5 unspecified atom stereocenters. The number of hydrogen-bond acceptors (Lipinski definition) is 7. The van der Waals surface area contributed by atoms with Crippen molar-refractivity contribution in [3.8, 4) is 0 Å². The first-order valence-electron chi connectivity index (χ1n) is 15.8. The minimum Gasteiger partial charge on any atom is -0.436 e. The number of carbonyl (C=O) groups excluding carboxylic acids is 4. The highest BCUT2D eigenvalue weighted by atomic mass is 16.6. The molecule has 0 spiro atoms. The number of aliphatic hydroxyl groups excluding tert-OH is 1. The normalized spacial score (nSPS) is 17.1.